The minimum absolute atomic E-state index is 0.00681. The van der Waals surface area contributed by atoms with Crippen LogP contribution in [0.1, 0.15) is 122 Å². The molecule has 0 aromatic heterocycles. The summed E-state index contributed by atoms with van der Waals surface area (Å²) >= 11 is 0. The van der Waals surface area contributed by atoms with Crippen LogP contribution in [0.25, 0.3) is 0 Å². The van der Waals surface area contributed by atoms with Gasteiger partial charge in [-0.05, 0) is 137 Å². The molecule has 1 spiro atoms. The van der Waals surface area contributed by atoms with E-state index in [1.807, 2.05) is 0 Å². The molecule has 9 rings (SSSR count). The van der Waals surface area contributed by atoms with E-state index in [2.05, 4.69) is 0 Å². The second kappa shape index (κ2) is 13.2. The van der Waals surface area contributed by atoms with Crippen LogP contribution in [0.2, 0.25) is 0 Å². The average Bonchev–Trinajstić information content (AvgIpc) is 3.28. The van der Waals surface area contributed by atoms with Gasteiger partial charge in [0.2, 0.25) is 0 Å². The third kappa shape index (κ3) is 5.90. The van der Waals surface area contributed by atoms with Gasteiger partial charge in [-0.2, -0.15) is 0 Å². The van der Waals surface area contributed by atoms with Gasteiger partial charge in [-0.25, -0.2) is 0 Å². The summed E-state index contributed by atoms with van der Waals surface area (Å²) in [6, 6.07) is 0. The smallest absolute Gasteiger partial charge is 0.171 e. The Hall–Kier alpha value is -0.240. The molecule has 0 N–H and O–H groups in total. The number of rotatable bonds is 4. The highest BCUT2D eigenvalue weighted by Gasteiger charge is 2.63. The fraction of sp³-hybridized carbons (Fsp3) is 1.00. The molecule has 45 heavy (non-hydrogen) atoms. The van der Waals surface area contributed by atoms with E-state index in [1.54, 1.807) is 0 Å². The zero-order chi connectivity index (χ0) is 29.8. The first-order valence-corrected chi connectivity index (χ1v) is 20.0. The fourth-order valence-electron chi connectivity index (χ4n) is 13.5. The Morgan fingerprint density at radius 1 is 0.444 bits per heavy atom. The lowest BCUT2D eigenvalue weighted by Crippen LogP contribution is -2.48. The van der Waals surface area contributed by atoms with Crippen molar-refractivity contribution < 1.29 is 28.4 Å². The maximum atomic E-state index is 7.24. The largest absolute Gasteiger partial charge is 0.352 e. The minimum Gasteiger partial charge on any atom is -0.352 e. The van der Waals surface area contributed by atoms with Crippen LogP contribution in [0.5, 0.6) is 0 Å². The number of hydrogen-bond acceptors (Lipinski definition) is 6. The van der Waals surface area contributed by atoms with Crippen LogP contribution in [0.15, 0.2) is 0 Å². The molecule has 0 radical (unpaired) electrons. The molecule has 11 unspecified atom stereocenters. The van der Waals surface area contributed by atoms with Crippen molar-refractivity contribution in [3.8, 4) is 0 Å². The lowest BCUT2D eigenvalue weighted by molar-refractivity contribution is -0.257. The number of fused-ring (bicyclic) bond motifs is 8. The van der Waals surface area contributed by atoms with Gasteiger partial charge in [0.15, 0.2) is 18.4 Å². The molecule has 3 heterocycles. The van der Waals surface area contributed by atoms with Gasteiger partial charge in [0.05, 0.1) is 19.3 Å². The van der Waals surface area contributed by atoms with Gasteiger partial charge in [0.25, 0.3) is 0 Å². The van der Waals surface area contributed by atoms with Crippen molar-refractivity contribution in [3.05, 3.63) is 0 Å². The zero-order valence-electron chi connectivity index (χ0n) is 28.0. The molecule has 254 valence electrons. The molecule has 0 aromatic rings. The summed E-state index contributed by atoms with van der Waals surface area (Å²) in [5.74, 6) is 7.98. The number of hydrogen-bond donors (Lipinski definition) is 0. The van der Waals surface area contributed by atoms with Crippen molar-refractivity contribution in [1.29, 1.82) is 0 Å². The van der Waals surface area contributed by atoms with Crippen molar-refractivity contribution in [1.82, 2.24) is 0 Å². The molecular weight excluding hydrogens is 564 g/mol. The molecule has 6 aliphatic carbocycles. The van der Waals surface area contributed by atoms with Crippen molar-refractivity contribution in [2.45, 2.75) is 146 Å². The van der Waals surface area contributed by atoms with Gasteiger partial charge < -0.3 is 28.4 Å². The maximum Gasteiger partial charge on any atom is 0.171 e. The molecule has 6 nitrogen and oxygen atoms in total. The zero-order valence-corrected chi connectivity index (χ0v) is 28.0. The Kier molecular flexibility index (Phi) is 9.05. The Labute approximate surface area is 272 Å². The van der Waals surface area contributed by atoms with Crippen LogP contribution in [0, 0.1) is 65.1 Å². The first-order chi connectivity index (χ1) is 22.2. The summed E-state index contributed by atoms with van der Waals surface area (Å²) in [5.41, 5.74) is 0. The Bertz CT molecular complexity index is 974. The summed E-state index contributed by atoms with van der Waals surface area (Å²) in [4.78, 5) is 0. The van der Waals surface area contributed by atoms with Crippen molar-refractivity contribution >= 4 is 0 Å². The first-order valence-electron chi connectivity index (χ1n) is 20.0. The van der Waals surface area contributed by atoms with Crippen LogP contribution in [0.4, 0.5) is 0 Å². The molecule has 6 bridgehead atoms. The van der Waals surface area contributed by atoms with Crippen LogP contribution in [-0.2, 0) is 28.4 Å². The Balaban J connectivity index is 0.875. The van der Waals surface area contributed by atoms with E-state index in [4.69, 9.17) is 28.4 Å². The molecule has 6 saturated carbocycles. The predicted octanol–water partition coefficient (Wildman–Crippen LogP) is 8.12. The predicted molar refractivity (Wildman–Crippen MR) is 171 cm³/mol. The number of ether oxygens (including phenoxy) is 6. The lowest BCUT2D eigenvalue weighted by atomic mass is 9.56. The molecule has 3 aliphatic heterocycles. The van der Waals surface area contributed by atoms with Crippen molar-refractivity contribution in [2.24, 2.45) is 65.1 Å². The quantitative estimate of drug-likeness (QED) is 0.314. The van der Waals surface area contributed by atoms with Gasteiger partial charge in [-0.3, -0.25) is 0 Å². The molecule has 0 aromatic carbocycles. The normalized spacial score (nSPS) is 50.5. The van der Waals surface area contributed by atoms with E-state index < -0.39 is 0 Å². The molecule has 3 saturated heterocycles. The summed E-state index contributed by atoms with van der Waals surface area (Å²) in [7, 11) is 0. The highest BCUT2D eigenvalue weighted by molar-refractivity contribution is 5.09. The van der Waals surface area contributed by atoms with Gasteiger partial charge in [0, 0.05) is 44.0 Å². The van der Waals surface area contributed by atoms with Crippen LogP contribution in [0.3, 0.4) is 0 Å². The molecule has 9 aliphatic rings. The second-order valence-corrected chi connectivity index (χ2v) is 17.4. The third-order valence-corrected chi connectivity index (χ3v) is 15.1. The summed E-state index contributed by atoms with van der Waals surface area (Å²) in [5, 5.41) is 0. The summed E-state index contributed by atoms with van der Waals surface area (Å²) in [6.45, 7) is 4.43. The molecule has 9 fully saturated rings. The third-order valence-electron chi connectivity index (χ3n) is 15.1. The first kappa shape index (κ1) is 30.8. The Morgan fingerprint density at radius 2 is 1.11 bits per heavy atom. The molecule has 11 atom stereocenters. The fourth-order valence-corrected chi connectivity index (χ4v) is 13.5. The highest BCUT2D eigenvalue weighted by Crippen LogP contribution is 2.65. The lowest BCUT2D eigenvalue weighted by Gasteiger charge is -2.51. The van der Waals surface area contributed by atoms with Crippen LogP contribution < -0.4 is 0 Å². The highest BCUT2D eigenvalue weighted by atomic mass is 16.7. The minimum atomic E-state index is -0.248. The van der Waals surface area contributed by atoms with E-state index in [9.17, 15) is 0 Å². The monoisotopic (exact) mass is 626 g/mol. The Morgan fingerprint density at radius 3 is 1.91 bits per heavy atom. The van der Waals surface area contributed by atoms with E-state index in [-0.39, 0.29) is 18.4 Å². The molecule has 0 amide bonds. The summed E-state index contributed by atoms with van der Waals surface area (Å²) < 4.78 is 39.7. The van der Waals surface area contributed by atoms with E-state index >= 15 is 0 Å². The van der Waals surface area contributed by atoms with Gasteiger partial charge in [-0.1, -0.05) is 25.7 Å². The van der Waals surface area contributed by atoms with Crippen LogP contribution >= 0.6 is 0 Å². The van der Waals surface area contributed by atoms with E-state index in [0.717, 1.165) is 107 Å². The standard InChI is InChI=1S/C39H62O6/c1-2-15-41-37(40-14-1)30-20-25-10-12-32(29(19-25)23-30)34-9-6-16-42-38(45-34)31-21-26-7-5-8-27(22-31)35(26)36-28-11-13-33(36)39(24-28)43-17-3-4-18-44-39/h25-38H,1-24H2. The van der Waals surface area contributed by atoms with Gasteiger partial charge in [0.1, 0.15) is 0 Å². The van der Waals surface area contributed by atoms with Crippen molar-refractivity contribution in [2.75, 3.05) is 33.0 Å². The maximum absolute atomic E-state index is 7.24. The second-order valence-electron chi connectivity index (χ2n) is 17.4. The summed E-state index contributed by atoms with van der Waals surface area (Å²) in [6.07, 6.45) is 24.8. The topological polar surface area (TPSA) is 55.4 Å². The van der Waals surface area contributed by atoms with Crippen molar-refractivity contribution in [3.63, 3.8) is 0 Å². The van der Waals surface area contributed by atoms with E-state index in [0.29, 0.717) is 29.8 Å². The van der Waals surface area contributed by atoms with Gasteiger partial charge >= 0.3 is 0 Å². The van der Waals surface area contributed by atoms with E-state index in [1.165, 1.54) is 89.9 Å². The SMILES string of the molecule is C1CCOC(C2CC3CCC(C4CCCOC(C5CC6CCCC(C5)C6C5C6CCC5C5(C6)OCCCCO5)O4)C(C3)C2)OC1. The average molecular weight is 627 g/mol. The van der Waals surface area contributed by atoms with Gasteiger partial charge in [-0.15, -0.1) is 0 Å². The van der Waals surface area contributed by atoms with Crippen LogP contribution in [-0.4, -0.2) is 57.5 Å². The molecular formula is C39H62O6. The molecule has 6 heteroatoms.